The Balaban J connectivity index is 1.72. The molecule has 9 nitrogen and oxygen atoms in total. The summed E-state index contributed by atoms with van der Waals surface area (Å²) in [5.41, 5.74) is 8.20. The number of anilines is 1. The first-order valence-corrected chi connectivity index (χ1v) is 9.71. The van der Waals surface area contributed by atoms with Crippen molar-refractivity contribution >= 4 is 23.0 Å². The number of hydrogen-bond acceptors (Lipinski definition) is 6. The van der Waals surface area contributed by atoms with E-state index < -0.39 is 11.9 Å². The number of primary amides is 1. The van der Waals surface area contributed by atoms with Gasteiger partial charge in [-0.2, -0.15) is 14.8 Å². The van der Waals surface area contributed by atoms with Crippen molar-refractivity contribution in [2.75, 3.05) is 18.4 Å². The minimum absolute atomic E-state index is 0.0836. The summed E-state index contributed by atoms with van der Waals surface area (Å²) in [5, 5.41) is 16.4. The number of halogens is 1. The number of nitriles is 1. The molecule has 0 bridgehead atoms. The van der Waals surface area contributed by atoms with Crippen LogP contribution in [0.4, 0.5) is 10.1 Å². The number of nitrogens with one attached hydrogen (secondary N) is 1. The molecule has 0 spiro atoms. The lowest BCUT2D eigenvalue weighted by Gasteiger charge is -2.20. The van der Waals surface area contributed by atoms with Crippen molar-refractivity contribution in [3.8, 4) is 17.2 Å². The zero-order valence-electron chi connectivity index (χ0n) is 16.7. The summed E-state index contributed by atoms with van der Waals surface area (Å²) in [4.78, 5) is 29.4. The Bertz CT molecular complexity index is 1220. The number of carbonyl (C=O) groups is 2. The zero-order valence-corrected chi connectivity index (χ0v) is 16.7. The summed E-state index contributed by atoms with van der Waals surface area (Å²) >= 11 is 0. The third kappa shape index (κ3) is 3.90. The number of nitrogens with two attached hydrogens (primary N) is 1. The quantitative estimate of drug-likeness (QED) is 0.605. The Morgan fingerprint density at radius 1 is 1.35 bits per heavy atom. The summed E-state index contributed by atoms with van der Waals surface area (Å²) in [6.07, 6.45) is 4.31. The van der Waals surface area contributed by atoms with Crippen LogP contribution in [0.1, 0.15) is 23.7 Å². The van der Waals surface area contributed by atoms with Gasteiger partial charge in [0.15, 0.2) is 0 Å². The average molecular weight is 421 g/mol. The largest absolute Gasteiger partial charge is 0.378 e. The minimum atomic E-state index is -0.640. The number of hydrogen-bond donors (Lipinski definition) is 2. The van der Waals surface area contributed by atoms with Crippen LogP contribution in [-0.4, -0.2) is 50.4 Å². The van der Waals surface area contributed by atoms with Gasteiger partial charge in [-0.15, -0.1) is 0 Å². The molecule has 3 N–H and O–H groups in total. The molecule has 1 aliphatic heterocycles. The van der Waals surface area contributed by atoms with E-state index in [1.807, 2.05) is 13.0 Å². The topological polar surface area (TPSA) is 129 Å². The molecule has 10 heteroatoms. The minimum Gasteiger partial charge on any atom is -0.378 e. The van der Waals surface area contributed by atoms with Gasteiger partial charge < -0.3 is 16.0 Å². The van der Waals surface area contributed by atoms with Gasteiger partial charge in [-0.05, 0) is 23.6 Å². The van der Waals surface area contributed by atoms with Crippen molar-refractivity contribution < 1.29 is 14.0 Å². The number of rotatable bonds is 5. The van der Waals surface area contributed by atoms with Gasteiger partial charge in [0.1, 0.15) is 6.42 Å². The molecule has 2 atom stereocenters. The second-order valence-electron chi connectivity index (χ2n) is 7.59. The fourth-order valence-corrected chi connectivity index (χ4v) is 3.86. The van der Waals surface area contributed by atoms with Gasteiger partial charge in [-0.25, -0.2) is 9.50 Å². The van der Waals surface area contributed by atoms with Gasteiger partial charge in [0, 0.05) is 43.2 Å². The van der Waals surface area contributed by atoms with Gasteiger partial charge in [-0.3, -0.25) is 9.59 Å². The maximum atomic E-state index is 13.6. The first-order valence-electron chi connectivity index (χ1n) is 9.71. The molecule has 3 aromatic rings. The smallest absolute Gasteiger partial charge is 0.252 e. The van der Waals surface area contributed by atoms with Crippen molar-refractivity contribution in [2.45, 2.75) is 19.4 Å². The Labute approximate surface area is 177 Å². The molecule has 1 saturated heterocycles. The van der Waals surface area contributed by atoms with E-state index in [0.29, 0.717) is 35.4 Å². The summed E-state index contributed by atoms with van der Waals surface area (Å²) in [5.74, 6) is -1.38. The Kier molecular flexibility index (Phi) is 5.25. The molecule has 0 saturated carbocycles. The molecular weight excluding hydrogens is 401 g/mol. The van der Waals surface area contributed by atoms with E-state index in [2.05, 4.69) is 15.4 Å². The fourth-order valence-electron chi connectivity index (χ4n) is 3.86. The van der Waals surface area contributed by atoms with Gasteiger partial charge in [-0.1, -0.05) is 6.92 Å². The molecule has 2 amide bonds. The highest BCUT2D eigenvalue weighted by atomic mass is 19.1. The average Bonchev–Trinajstić information content (AvgIpc) is 3.32. The van der Waals surface area contributed by atoms with Gasteiger partial charge in [0.05, 0.1) is 29.0 Å². The van der Waals surface area contributed by atoms with Crippen molar-refractivity contribution in [2.24, 2.45) is 11.7 Å². The molecule has 31 heavy (non-hydrogen) atoms. The third-order valence-corrected chi connectivity index (χ3v) is 5.49. The maximum Gasteiger partial charge on any atom is 0.252 e. The second kappa shape index (κ2) is 8.02. The lowest BCUT2D eigenvalue weighted by Crippen LogP contribution is -2.32. The Morgan fingerprint density at radius 3 is 2.87 bits per heavy atom. The van der Waals surface area contributed by atoms with E-state index in [0.717, 1.165) is 0 Å². The van der Waals surface area contributed by atoms with Crippen LogP contribution in [0, 0.1) is 23.2 Å². The van der Waals surface area contributed by atoms with Crippen LogP contribution in [0.3, 0.4) is 0 Å². The summed E-state index contributed by atoms with van der Waals surface area (Å²) in [6, 6.07) is 6.51. The number of nitrogens with zero attached hydrogens (tertiary/aromatic N) is 5. The number of likely N-dealkylation sites (tertiary alicyclic amines) is 1. The van der Waals surface area contributed by atoms with Crippen molar-refractivity contribution in [1.29, 1.82) is 5.26 Å². The predicted molar refractivity (Wildman–Crippen MR) is 110 cm³/mol. The molecule has 0 radical (unpaired) electrons. The summed E-state index contributed by atoms with van der Waals surface area (Å²) < 4.78 is 15.2. The summed E-state index contributed by atoms with van der Waals surface area (Å²) in [7, 11) is 0. The Hall–Kier alpha value is -4.00. The number of aromatic nitrogens is 3. The van der Waals surface area contributed by atoms with Gasteiger partial charge in [0.2, 0.25) is 11.9 Å². The SMILES string of the molecule is C[C@@H]1CN(C(=O)CC#N)C[C@H]1Nc1c(C(N)=O)cnn2cc(-c3ccnc(F)c3)cc12. The first-order chi connectivity index (χ1) is 14.9. The van der Waals surface area contributed by atoms with E-state index >= 15 is 0 Å². The highest BCUT2D eigenvalue weighted by molar-refractivity contribution is 6.02. The lowest BCUT2D eigenvalue weighted by atomic mass is 10.1. The molecular formula is C21H20FN7O2. The zero-order chi connectivity index (χ0) is 22.1. The monoisotopic (exact) mass is 421 g/mol. The van der Waals surface area contributed by atoms with E-state index in [-0.39, 0.29) is 29.9 Å². The van der Waals surface area contributed by atoms with Crippen LogP contribution in [0.15, 0.2) is 36.8 Å². The molecule has 1 fully saturated rings. The molecule has 158 valence electrons. The third-order valence-electron chi connectivity index (χ3n) is 5.49. The fraction of sp³-hybridized carbons (Fsp3) is 0.286. The maximum absolute atomic E-state index is 13.6. The van der Waals surface area contributed by atoms with Crippen LogP contribution in [0.25, 0.3) is 16.6 Å². The number of amides is 2. The molecule has 0 aliphatic carbocycles. The normalized spacial score (nSPS) is 18.2. The lowest BCUT2D eigenvalue weighted by molar-refractivity contribution is -0.129. The van der Waals surface area contributed by atoms with Crippen LogP contribution < -0.4 is 11.1 Å². The van der Waals surface area contributed by atoms with Crippen molar-refractivity contribution in [1.82, 2.24) is 19.5 Å². The first kappa shape index (κ1) is 20.3. The van der Waals surface area contributed by atoms with E-state index in [9.17, 15) is 14.0 Å². The van der Waals surface area contributed by atoms with Gasteiger partial charge >= 0.3 is 0 Å². The van der Waals surface area contributed by atoms with Crippen LogP contribution >= 0.6 is 0 Å². The number of carbonyl (C=O) groups excluding carboxylic acids is 2. The molecule has 4 rings (SSSR count). The molecule has 3 aromatic heterocycles. The molecule has 1 aliphatic rings. The highest BCUT2D eigenvalue weighted by Gasteiger charge is 2.33. The molecule has 0 unspecified atom stereocenters. The predicted octanol–water partition coefficient (Wildman–Crippen LogP) is 1.81. The van der Waals surface area contributed by atoms with Crippen LogP contribution in [-0.2, 0) is 4.79 Å². The van der Waals surface area contributed by atoms with E-state index in [4.69, 9.17) is 11.0 Å². The van der Waals surface area contributed by atoms with Crippen molar-refractivity contribution in [3.63, 3.8) is 0 Å². The Morgan fingerprint density at radius 2 is 2.16 bits per heavy atom. The highest BCUT2D eigenvalue weighted by Crippen LogP contribution is 2.31. The van der Waals surface area contributed by atoms with Crippen molar-refractivity contribution in [3.05, 3.63) is 48.3 Å². The van der Waals surface area contributed by atoms with E-state index in [1.54, 1.807) is 27.7 Å². The van der Waals surface area contributed by atoms with Crippen LogP contribution in [0.2, 0.25) is 0 Å². The standard InChI is InChI=1S/C21H20FN7O2/c1-12-9-28(19(30)2-4-23)11-16(12)27-20-15(21(24)31)8-26-29-10-14(6-17(20)29)13-3-5-25-18(22)7-13/h3,5-8,10,12,16,27H,2,9,11H2,1H3,(H2,24,31)/t12-,16-/m1/s1. The summed E-state index contributed by atoms with van der Waals surface area (Å²) in [6.45, 7) is 2.90. The molecule has 4 heterocycles. The second-order valence-corrected chi connectivity index (χ2v) is 7.59. The van der Waals surface area contributed by atoms with E-state index in [1.165, 1.54) is 18.5 Å². The van der Waals surface area contributed by atoms with Crippen LogP contribution in [0.5, 0.6) is 0 Å². The number of fused-ring (bicyclic) bond motifs is 1. The van der Waals surface area contributed by atoms with Gasteiger partial charge in [0.25, 0.3) is 5.91 Å². The number of pyridine rings is 1. The molecule has 0 aromatic carbocycles.